The van der Waals surface area contributed by atoms with Gasteiger partial charge in [-0.3, -0.25) is 0 Å². The molecule has 61 heavy (non-hydrogen) atoms. The summed E-state index contributed by atoms with van der Waals surface area (Å²) >= 11 is 0. The monoisotopic (exact) mass is 792 g/mol. The van der Waals surface area contributed by atoms with Crippen molar-refractivity contribution in [2.24, 2.45) is 0 Å². The maximum atomic E-state index is 4.13. The Bertz CT molecular complexity index is 2860. The molecule has 1 saturated carbocycles. The van der Waals surface area contributed by atoms with Gasteiger partial charge in [0.15, 0.2) is 7.28 Å². The number of nitrogens with one attached hydrogen (secondary N) is 1. The first-order chi connectivity index (χ1) is 29.3. The maximum absolute atomic E-state index is 4.13. The molecule has 302 valence electrons. The van der Waals surface area contributed by atoms with Crippen LogP contribution in [0.1, 0.15) is 110 Å². The van der Waals surface area contributed by atoms with Gasteiger partial charge in [0.25, 0.3) is 0 Å². The second kappa shape index (κ2) is 13.4. The Balaban J connectivity index is 1.26. The van der Waals surface area contributed by atoms with Crippen LogP contribution in [0.3, 0.4) is 0 Å². The fourth-order valence-electron chi connectivity index (χ4n) is 12.7. The first-order valence-corrected chi connectivity index (χ1v) is 22.7. The summed E-state index contributed by atoms with van der Waals surface area (Å²) in [5, 5.41) is 4.13. The standard InChI is InChI=1S/C58H57BN2/c1-36-30-37(2)51(38(3)31-36)39-32-44(52-50(33-39)61-54-47(56(7)28-17-18-29-57(56,61)8)34-42(55(4,5)6)35-48(54)59-52)43-24-19-26-46-53(43)60-49-27-16-15-25-45(49)58(46,40-20-11-9-12-21-40)41-22-13-10-14-23-41/h9-16,19-27,30-35,59-60H,17-18,28-29H2,1-8H3. The molecule has 0 amide bonds. The molecule has 1 N–H and O–H groups in total. The van der Waals surface area contributed by atoms with Crippen LogP contribution in [-0.4, -0.2) is 12.8 Å². The largest absolute Gasteiger partial charge is 0.354 e. The van der Waals surface area contributed by atoms with Crippen LogP contribution in [0, 0.1) is 20.8 Å². The number of hydrogen-bond acceptors (Lipinski definition) is 2. The Morgan fingerprint density at radius 2 is 1.26 bits per heavy atom. The molecule has 0 spiro atoms. The van der Waals surface area contributed by atoms with Crippen molar-refractivity contribution in [2.45, 2.75) is 103 Å². The van der Waals surface area contributed by atoms with E-state index in [1.54, 1.807) is 5.56 Å². The van der Waals surface area contributed by atoms with Crippen LogP contribution in [-0.2, 0) is 16.2 Å². The zero-order chi connectivity index (χ0) is 42.1. The van der Waals surface area contributed by atoms with Crippen LogP contribution in [0.2, 0.25) is 0 Å². The van der Waals surface area contributed by atoms with Crippen molar-refractivity contribution in [3.05, 3.63) is 190 Å². The van der Waals surface area contributed by atoms with Crippen LogP contribution >= 0.6 is 0 Å². The highest BCUT2D eigenvalue weighted by molar-refractivity contribution is 6.73. The molecule has 0 saturated heterocycles. The van der Waals surface area contributed by atoms with Gasteiger partial charge in [0.2, 0.25) is 0 Å². The van der Waals surface area contributed by atoms with Crippen LogP contribution < -0.4 is 21.1 Å². The summed E-state index contributed by atoms with van der Waals surface area (Å²) in [7, 11) is 0.897. The van der Waals surface area contributed by atoms with Gasteiger partial charge >= 0.3 is 0 Å². The number of aryl methyl sites for hydroxylation is 3. The SMILES string of the molecule is Cc1cc(C)c(-c2cc(-c3cccc4c3Nc3ccccc3C4(c3ccccc3)c3ccccc3)c3c(c2)N2c4c(cc(C(C)(C)C)cc4C4(C)CCCCC24C)B3)c(C)c1. The minimum atomic E-state index is -0.535. The third-order valence-electron chi connectivity index (χ3n) is 15.7. The minimum absolute atomic E-state index is 0.0435. The quantitative estimate of drug-likeness (QED) is 0.179. The van der Waals surface area contributed by atoms with E-state index in [4.69, 9.17) is 0 Å². The molecule has 2 atom stereocenters. The van der Waals surface area contributed by atoms with Gasteiger partial charge in [0, 0.05) is 28.0 Å². The second-order valence-corrected chi connectivity index (χ2v) is 20.3. The van der Waals surface area contributed by atoms with E-state index in [1.807, 2.05) is 0 Å². The number of hydrogen-bond donors (Lipinski definition) is 1. The number of benzene rings is 7. The van der Waals surface area contributed by atoms with Crippen molar-refractivity contribution < 1.29 is 0 Å². The van der Waals surface area contributed by atoms with Gasteiger partial charge in [-0.25, -0.2) is 0 Å². The highest BCUT2D eigenvalue weighted by atomic mass is 15.3. The zero-order valence-electron chi connectivity index (χ0n) is 37.3. The number of anilines is 4. The van der Waals surface area contributed by atoms with E-state index in [0.29, 0.717) is 0 Å². The minimum Gasteiger partial charge on any atom is -0.354 e. The van der Waals surface area contributed by atoms with E-state index < -0.39 is 5.41 Å². The summed E-state index contributed by atoms with van der Waals surface area (Å²) < 4.78 is 0. The van der Waals surface area contributed by atoms with Gasteiger partial charge in [-0.15, -0.1) is 0 Å². The zero-order valence-corrected chi connectivity index (χ0v) is 37.3. The molecule has 1 aliphatic carbocycles. The fraction of sp³-hybridized carbons (Fsp3) is 0.276. The summed E-state index contributed by atoms with van der Waals surface area (Å²) in [4.78, 5) is 2.88. The Kier molecular flexibility index (Phi) is 8.35. The van der Waals surface area contributed by atoms with Crippen molar-refractivity contribution in [1.29, 1.82) is 0 Å². The summed E-state index contributed by atoms with van der Waals surface area (Å²) in [6, 6.07) is 53.6. The molecule has 7 aromatic rings. The molecule has 4 aliphatic rings. The lowest BCUT2D eigenvalue weighted by molar-refractivity contribution is 0.195. The van der Waals surface area contributed by atoms with E-state index in [9.17, 15) is 0 Å². The molecule has 3 aliphatic heterocycles. The van der Waals surface area contributed by atoms with Crippen molar-refractivity contribution in [3.63, 3.8) is 0 Å². The van der Waals surface area contributed by atoms with Gasteiger partial charge in [0.1, 0.15) is 0 Å². The molecule has 3 heterocycles. The van der Waals surface area contributed by atoms with Crippen molar-refractivity contribution in [1.82, 2.24) is 0 Å². The van der Waals surface area contributed by atoms with Crippen LogP contribution in [0.5, 0.6) is 0 Å². The Hall–Kier alpha value is -5.80. The average molecular weight is 793 g/mol. The van der Waals surface area contributed by atoms with Crippen LogP contribution in [0.4, 0.5) is 22.7 Å². The molecule has 1 fully saturated rings. The summed E-state index contributed by atoms with van der Waals surface area (Å²) in [6.07, 6.45) is 4.93. The highest BCUT2D eigenvalue weighted by Gasteiger charge is 2.60. The molecular weight excluding hydrogens is 735 g/mol. The molecule has 3 heteroatoms. The maximum Gasteiger partial charge on any atom is 0.198 e. The third kappa shape index (κ3) is 5.28. The van der Waals surface area contributed by atoms with Gasteiger partial charge in [0.05, 0.1) is 16.6 Å². The Labute approximate surface area is 364 Å². The summed E-state index contributed by atoms with van der Waals surface area (Å²) in [5.41, 5.74) is 25.0. The normalized spacial score (nSPS) is 20.4. The Morgan fingerprint density at radius 3 is 1.95 bits per heavy atom. The van der Waals surface area contributed by atoms with Gasteiger partial charge < -0.3 is 10.2 Å². The van der Waals surface area contributed by atoms with Crippen molar-refractivity contribution in [2.75, 3.05) is 10.2 Å². The predicted octanol–water partition coefficient (Wildman–Crippen LogP) is 13.1. The van der Waals surface area contributed by atoms with Gasteiger partial charge in [-0.05, 0) is 131 Å². The molecule has 0 bridgehead atoms. The van der Waals surface area contributed by atoms with Crippen molar-refractivity contribution in [3.8, 4) is 22.3 Å². The molecular formula is C58H57BN2. The molecule has 0 aromatic heterocycles. The second-order valence-electron chi connectivity index (χ2n) is 20.3. The molecule has 11 rings (SSSR count). The summed E-state index contributed by atoms with van der Waals surface area (Å²) in [6.45, 7) is 19.2. The average Bonchev–Trinajstić information content (AvgIpc) is 3.46. The predicted molar refractivity (Wildman–Crippen MR) is 261 cm³/mol. The lowest BCUT2D eigenvalue weighted by Crippen LogP contribution is -2.57. The molecule has 2 nitrogen and oxygen atoms in total. The van der Waals surface area contributed by atoms with Gasteiger partial charge in [-0.1, -0.05) is 173 Å². The first kappa shape index (κ1) is 38.2. The highest BCUT2D eigenvalue weighted by Crippen LogP contribution is 2.62. The third-order valence-corrected chi connectivity index (χ3v) is 15.7. The van der Waals surface area contributed by atoms with Crippen molar-refractivity contribution >= 4 is 41.0 Å². The Morgan fingerprint density at radius 1 is 0.623 bits per heavy atom. The number of fused-ring (bicyclic) bond motifs is 7. The lowest BCUT2D eigenvalue weighted by atomic mass is 9.56. The summed E-state index contributed by atoms with van der Waals surface area (Å²) in [5.74, 6) is 0. The number of para-hydroxylation sites is 2. The number of rotatable bonds is 4. The van der Waals surface area contributed by atoms with E-state index in [0.717, 1.165) is 13.0 Å². The first-order valence-electron chi connectivity index (χ1n) is 22.7. The topological polar surface area (TPSA) is 15.3 Å². The van der Waals surface area contributed by atoms with Gasteiger partial charge in [-0.2, -0.15) is 0 Å². The smallest absolute Gasteiger partial charge is 0.198 e. The van der Waals surface area contributed by atoms with Crippen LogP contribution in [0.15, 0.2) is 140 Å². The van der Waals surface area contributed by atoms with Crippen LogP contribution in [0.25, 0.3) is 22.3 Å². The molecule has 7 aromatic carbocycles. The van der Waals surface area contributed by atoms with E-state index in [-0.39, 0.29) is 16.4 Å². The van der Waals surface area contributed by atoms with E-state index in [2.05, 4.69) is 205 Å². The van der Waals surface area contributed by atoms with E-state index in [1.165, 1.54) is 120 Å². The molecule has 2 unspecified atom stereocenters. The van der Waals surface area contributed by atoms with E-state index >= 15 is 0 Å². The fourth-order valence-corrected chi connectivity index (χ4v) is 12.7. The molecule has 0 radical (unpaired) electrons. The lowest BCUT2D eigenvalue weighted by Gasteiger charge is -2.51. The number of nitrogens with zero attached hydrogens (tertiary/aromatic N) is 1.